The second-order valence-electron chi connectivity index (χ2n) is 7.51. The summed E-state index contributed by atoms with van der Waals surface area (Å²) < 4.78 is 1.76. The normalized spacial score (nSPS) is 15.1. The molecule has 0 aliphatic carbocycles. The molecule has 2 aromatic carbocycles. The average molecular weight is 375 g/mol. The molecular weight excluding hydrogens is 350 g/mol. The Morgan fingerprint density at radius 3 is 2.50 bits per heavy atom. The highest BCUT2D eigenvalue weighted by Gasteiger charge is 2.22. The number of benzene rings is 2. The quantitative estimate of drug-likeness (QED) is 0.688. The number of carbonyl (C=O) groups is 1. The highest BCUT2D eigenvalue weighted by molar-refractivity contribution is 5.79. The summed E-state index contributed by atoms with van der Waals surface area (Å²) in [5.74, 6) is 0.818. The van der Waals surface area contributed by atoms with Crippen molar-refractivity contribution in [3.05, 3.63) is 76.6 Å². The lowest BCUT2D eigenvalue weighted by Crippen LogP contribution is -2.39. The van der Waals surface area contributed by atoms with Gasteiger partial charge in [0.15, 0.2) is 0 Å². The predicted molar refractivity (Wildman–Crippen MR) is 110 cm³/mol. The Bertz CT molecular complexity index is 1010. The van der Waals surface area contributed by atoms with Crippen LogP contribution in [0.5, 0.6) is 0 Å². The standard InChI is InChI=1S/C23H25N3O2/c27-22-17-24-26(21-9-5-4-8-20(21)22)15-12-23(28)25-13-10-19(11-14-25)16-18-6-2-1-3-7-18/h1-9,17,19H,10-16H2. The number of piperidine rings is 1. The molecule has 4 rings (SSSR count). The first-order valence-corrected chi connectivity index (χ1v) is 9.97. The summed E-state index contributed by atoms with van der Waals surface area (Å²) in [6, 6.07) is 18.0. The van der Waals surface area contributed by atoms with E-state index in [9.17, 15) is 9.59 Å². The van der Waals surface area contributed by atoms with E-state index in [1.165, 1.54) is 11.8 Å². The number of aromatic nitrogens is 2. The molecule has 5 heteroatoms. The van der Waals surface area contributed by atoms with Crippen LogP contribution in [0.15, 0.2) is 65.6 Å². The number of hydrogen-bond donors (Lipinski definition) is 0. The minimum absolute atomic E-state index is 0.0846. The molecule has 1 fully saturated rings. The number of carbonyl (C=O) groups excluding carboxylic acids is 1. The van der Waals surface area contributed by atoms with Gasteiger partial charge in [-0.05, 0) is 42.9 Å². The van der Waals surface area contributed by atoms with Crippen molar-refractivity contribution in [3.63, 3.8) is 0 Å². The maximum absolute atomic E-state index is 12.7. The molecule has 0 radical (unpaired) electrons. The zero-order valence-corrected chi connectivity index (χ0v) is 16.0. The van der Waals surface area contributed by atoms with E-state index in [0.29, 0.717) is 24.3 Å². The zero-order valence-electron chi connectivity index (χ0n) is 16.0. The van der Waals surface area contributed by atoms with E-state index in [4.69, 9.17) is 0 Å². The second kappa shape index (κ2) is 8.38. The molecule has 0 N–H and O–H groups in total. The Morgan fingerprint density at radius 1 is 1.00 bits per heavy atom. The third-order valence-electron chi connectivity index (χ3n) is 5.63. The van der Waals surface area contributed by atoms with Crippen LogP contribution in [-0.2, 0) is 17.8 Å². The molecular formula is C23H25N3O2. The number of aryl methyl sites for hydroxylation is 1. The third kappa shape index (κ3) is 4.14. The SMILES string of the molecule is O=C(CCn1ncc(=O)c2ccccc21)N1CCC(Cc2ccccc2)CC1. The Labute approximate surface area is 164 Å². The molecule has 0 bridgehead atoms. The average Bonchev–Trinajstić information content (AvgIpc) is 2.74. The van der Waals surface area contributed by atoms with Crippen LogP contribution < -0.4 is 5.43 Å². The topological polar surface area (TPSA) is 55.2 Å². The molecule has 2 heterocycles. The lowest BCUT2D eigenvalue weighted by Gasteiger charge is -2.32. The number of amides is 1. The lowest BCUT2D eigenvalue weighted by molar-refractivity contribution is -0.132. The second-order valence-corrected chi connectivity index (χ2v) is 7.51. The third-order valence-corrected chi connectivity index (χ3v) is 5.63. The molecule has 1 aliphatic heterocycles. The van der Waals surface area contributed by atoms with Crippen LogP contribution in [0.25, 0.3) is 10.9 Å². The molecule has 5 nitrogen and oxygen atoms in total. The first kappa shape index (κ1) is 18.4. The summed E-state index contributed by atoms with van der Waals surface area (Å²) in [5.41, 5.74) is 2.08. The Hall–Kier alpha value is -2.95. The molecule has 0 spiro atoms. The maximum atomic E-state index is 12.7. The maximum Gasteiger partial charge on any atom is 0.224 e. The number of nitrogens with zero attached hydrogens (tertiary/aromatic N) is 3. The van der Waals surface area contributed by atoms with Gasteiger partial charge in [0, 0.05) is 24.9 Å². The van der Waals surface area contributed by atoms with Gasteiger partial charge < -0.3 is 4.90 Å². The molecule has 1 saturated heterocycles. The van der Waals surface area contributed by atoms with Gasteiger partial charge >= 0.3 is 0 Å². The van der Waals surface area contributed by atoms with Crippen molar-refractivity contribution in [2.24, 2.45) is 5.92 Å². The lowest BCUT2D eigenvalue weighted by atomic mass is 9.90. The van der Waals surface area contributed by atoms with E-state index >= 15 is 0 Å². The van der Waals surface area contributed by atoms with E-state index < -0.39 is 0 Å². The molecule has 0 unspecified atom stereocenters. The number of rotatable bonds is 5. The molecule has 3 aromatic rings. The van der Waals surface area contributed by atoms with Crippen molar-refractivity contribution in [2.45, 2.75) is 32.2 Å². The fraction of sp³-hybridized carbons (Fsp3) is 0.348. The van der Waals surface area contributed by atoms with Crippen molar-refractivity contribution >= 4 is 16.8 Å². The summed E-state index contributed by atoms with van der Waals surface area (Å²) in [6.45, 7) is 2.15. The Balaban J connectivity index is 1.32. The molecule has 144 valence electrons. The fourth-order valence-corrected chi connectivity index (χ4v) is 4.03. The van der Waals surface area contributed by atoms with Crippen molar-refractivity contribution in [3.8, 4) is 0 Å². The number of para-hydroxylation sites is 1. The zero-order chi connectivity index (χ0) is 19.3. The first-order valence-electron chi connectivity index (χ1n) is 9.97. The Morgan fingerprint density at radius 2 is 1.71 bits per heavy atom. The van der Waals surface area contributed by atoms with Gasteiger partial charge in [0.25, 0.3) is 0 Å². The smallest absolute Gasteiger partial charge is 0.224 e. The van der Waals surface area contributed by atoms with Gasteiger partial charge in [-0.25, -0.2) is 0 Å². The summed E-state index contributed by atoms with van der Waals surface area (Å²) in [7, 11) is 0. The largest absolute Gasteiger partial charge is 0.343 e. The minimum atomic E-state index is -0.0846. The highest BCUT2D eigenvalue weighted by Crippen LogP contribution is 2.22. The number of hydrogen-bond acceptors (Lipinski definition) is 3. The van der Waals surface area contributed by atoms with Crippen LogP contribution in [0, 0.1) is 5.92 Å². The molecule has 0 atom stereocenters. The van der Waals surface area contributed by atoms with Crippen LogP contribution in [0.4, 0.5) is 0 Å². The highest BCUT2D eigenvalue weighted by atomic mass is 16.2. The van der Waals surface area contributed by atoms with E-state index in [2.05, 4.69) is 29.4 Å². The number of likely N-dealkylation sites (tertiary alicyclic amines) is 1. The Kier molecular flexibility index (Phi) is 5.51. The molecule has 1 aliphatic rings. The van der Waals surface area contributed by atoms with Gasteiger partial charge in [-0.15, -0.1) is 0 Å². The van der Waals surface area contributed by atoms with Gasteiger partial charge in [0.1, 0.15) is 0 Å². The predicted octanol–water partition coefficient (Wildman–Crippen LogP) is 3.27. The minimum Gasteiger partial charge on any atom is -0.343 e. The number of fused-ring (bicyclic) bond motifs is 1. The van der Waals surface area contributed by atoms with Gasteiger partial charge in [-0.1, -0.05) is 42.5 Å². The van der Waals surface area contributed by atoms with E-state index in [-0.39, 0.29) is 11.3 Å². The van der Waals surface area contributed by atoms with Crippen molar-refractivity contribution < 1.29 is 4.79 Å². The van der Waals surface area contributed by atoms with Crippen molar-refractivity contribution in [1.82, 2.24) is 14.7 Å². The van der Waals surface area contributed by atoms with Gasteiger partial charge in [0.05, 0.1) is 18.3 Å². The molecule has 1 amide bonds. The van der Waals surface area contributed by atoms with Crippen LogP contribution >= 0.6 is 0 Å². The summed E-state index contributed by atoms with van der Waals surface area (Å²) in [6.07, 6.45) is 4.95. The van der Waals surface area contributed by atoms with Crippen LogP contribution in [0.3, 0.4) is 0 Å². The van der Waals surface area contributed by atoms with Gasteiger partial charge in [-0.2, -0.15) is 5.10 Å². The molecule has 1 aromatic heterocycles. The van der Waals surface area contributed by atoms with Crippen LogP contribution in [-0.4, -0.2) is 33.7 Å². The summed E-state index contributed by atoms with van der Waals surface area (Å²) in [4.78, 5) is 26.6. The van der Waals surface area contributed by atoms with E-state index in [1.54, 1.807) is 10.7 Å². The van der Waals surface area contributed by atoms with Gasteiger partial charge in [0.2, 0.25) is 11.3 Å². The molecule has 0 saturated carbocycles. The van der Waals surface area contributed by atoms with E-state index in [0.717, 1.165) is 37.9 Å². The first-order chi connectivity index (χ1) is 13.7. The summed E-state index contributed by atoms with van der Waals surface area (Å²) >= 11 is 0. The summed E-state index contributed by atoms with van der Waals surface area (Å²) in [5, 5.41) is 4.86. The molecule has 28 heavy (non-hydrogen) atoms. The van der Waals surface area contributed by atoms with E-state index in [1.807, 2.05) is 29.2 Å². The van der Waals surface area contributed by atoms with Crippen molar-refractivity contribution in [2.75, 3.05) is 13.1 Å². The van der Waals surface area contributed by atoms with Gasteiger partial charge in [-0.3, -0.25) is 14.3 Å². The monoisotopic (exact) mass is 375 g/mol. The van der Waals surface area contributed by atoms with Crippen LogP contribution in [0.1, 0.15) is 24.8 Å². The van der Waals surface area contributed by atoms with Crippen LogP contribution in [0.2, 0.25) is 0 Å². The van der Waals surface area contributed by atoms with Crippen molar-refractivity contribution in [1.29, 1.82) is 0 Å². The fourth-order valence-electron chi connectivity index (χ4n) is 4.03.